The van der Waals surface area contributed by atoms with Gasteiger partial charge in [0.2, 0.25) is 5.91 Å². The number of carbonyl (C=O) groups is 3. The monoisotopic (exact) mass is 415 g/mol. The van der Waals surface area contributed by atoms with Crippen molar-refractivity contribution in [2.45, 2.75) is 19.4 Å². The van der Waals surface area contributed by atoms with Gasteiger partial charge in [0, 0.05) is 19.7 Å². The van der Waals surface area contributed by atoms with E-state index < -0.39 is 17.6 Å². The first-order chi connectivity index (χ1) is 14.3. The van der Waals surface area contributed by atoms with E-state index in [0.717, 1.165) is 5.56 Å². The van der Waals surface area contributed by atoms with Crippen LogP contribution in [0.1, 0.15) is 35.3 Å². The maximum atomic E-state index is 13.7. The maximum absolute atomic E-state index is 13.7. The number of para-hydroxylation sites is 1. The van der Waals surface area contributed by atoms with Gasteiger partial charge < -0.3 is 20.3 Å². The highest BCUT2D eigenvalue weighted by Gasteiger charge is 2.19. The number of carbonyl (C=O) groups excluding carboxylic acids is 3. The lowest BCUT2D eigenvalue weighted by Crippen LogP contribution is -2.39. The summed E-state index contributed by atoms with van der Waals surface area (Å²) in [6.45, 7) is 1.48. The highest BCUT2D eigenvalue weighted by Crippen LogP contribution is 2.27. The Bertz CT molecular complexity index is 901. The molecule has 0 saturated heterocycles. The van der Waals surface area contributed by atoms with Crippen LogP contribution >= 0.6 is 0 Å². The molecule has 3 amide bonds. The van der Waals surface area contributed by atoms with Crippen LogP contribution in [0.25, 0.3) is 0 Å². The molecule has 0 fully saturated rings. The van der Waals surface area contributed by atoms with Gasteiger partial charge in [-0.1, -0.05) is 37.3 Å². The normalized spacial score (nSPS) is 11.3. The molecule has 7 nitrogen and oxygen atoms in total. The van der Waals surface area contributed by atoms with E-state index in [1.807, 2.05) is 19.1 Å². The minimum atomic E-state index is -0.665. The first kappa shape index (κ1) is 22.9. The molecule has 1 unspecified atom stereocenters. The van der Waals surface area contributed by atoms with Gasteiger partial charge in [-0.25, -0.2) is 4.39 Å². The highest BCUT2D eigenvalue weighted by atomic mass is 19.1. The third-order valence-corrected chi connectivity index (χ3v) is 4.42. The van der Waals surface area contributed by atoms with Crippen LogP contribution in [-0.2, 0) is 9.59 Å². The number of rotatable bonds is 9. The molecule has 0 aliphatic carbocycles. The lowest BCUT2D eigenvalue weighted by molar-refractivity contribution is -0.130. The summed E-state index contributed by atoms with van der Waals surface area (Å²) in [6.07, 6.45) is 0.564. The van der Waals surface area contributed by atoms with Crippen molar-refractivity contribution in [2.24, 2.45) is 0 Å². The number of benzene rings is 2. The Hall–Kier alpha value is -3.42. The molecular weight excluding hydrogens is 389 g/mol. The zero-order valence-corrected chi connectivity index (χ0v) is 17.3. The Labute approximate surface area is 175 Å². The predicted octanol–water partition coefficient (Wildman–Crippen LogP) is 2.29. The van der Waals surface area contributed by atoms with E-state index in [4.69, 9.17) is 4.74 Å². The second-order valence-electron chi connectivity index (χ2n) is 6.81. The van der Waals surface area contributed by atoms with Crippen molar-refractivity contribution in [2.75, 3.05) is 27.2 Å². The largest absolute Gasteiger partial charge is 0.483 e. The summed E-state index contributed by atoms with van der Waals surface area (Å²) in [6, 6.07) is 12.3. The number of ether oxygens (including phenoxy) is 1. The Kier molecular flexibility index (Phi) is 8.34. The lowest BCUT2D eigenvalue weighted by atomic mass is 10.0. The smallest absolute Gasteiger partial charge is 0.259 e. The number of nitrogens with one attached hydrogen (secondary N) is 2. The number of likely N-dealkylation sites (N-methyl/N-ethyl adjacent to an activating group) is 1. The third kappa shape index (κ3) is 6.30. The molecule has 2 N–H and O–H groups in total. The van der Waals surface area contributed by atoms with Crippen LogP contribution in [0.5, 0.6) is 5.75 Å². The van der Waals surface area contributed by atoms with Crippen LogP contribution in [0.2, 0.25) is 0 Å². The summed E-state index contributed by atoms with van der Waals surface area (Å²) >= 11 is 0. The molecule has 0 bridgehead atoms. The average molecular weight is 415 g/mol. The van der Waals surface area contributed by atoms with Gasteiger partial charge in [-0.15, -0.1) is 0 Å². The number of halogens is 1. The van der Waals surface area contributed by atoms with Crippen LogP contribution in [0.15, 0.2) is 48.5 Å². The fourth-order valence-corrected chi connectivity index (χ4v) is 2.71. The molecule has 8 heteroatoms. The van der Waals surface area contributed by atoms with Crippen LogP contribution in [0, 0.1) is 5.82 Å². The van der Waals surface area contributed by atoms with Gasteiger partial charge in [-0.05, 0) is 24.6 Å². The zero-order chi connectivity index (χ0) is 22.1. The van der Waals surface area contributed by atoms with E-state index in [2.05, 4.69) is 10.6 Å². The SMILES string of the molecule is CCC(NC(=O)CNC(=O)c1ccccc1F)c1ccccc1OCC(=O)N(C)C. The van der Waals surface area contributed by atoms with Crippen molar-refractivity contribution in [3.05, 3.63) is 65.5 Å². The van der Waals surface area contributed by atoms with E-state index in [-0.39, 0.29) is 30.7 Å². The predicted molar refractivity (Wildman–Crippen MR) is 111 cm³/mol. The fourth-order valence-electron chi connectivity index (χ4n) is 2.71. The van der Waals surface area contributed by atoms with Gasteiger partial charge in [0.05, 0.1) is 18.2 Å². The van der Waals surface area contributed by atoms with E-state index in [1.165, 1.54) is 23.1 Å². The second kappa shape index (κ2) is 10.9. The molecule has 0 saturated carbocycles. The number of hydrogen-bond donors (Lipinski definition) is 2. The van der Waals surface area contributed by atoms with Gasteiger partial charge in [0.15, 0.2) is 6.61 Å². The molecule has 2 rings (SSSR count). The Morgan fingerprint density at radius 1 is 1.07 bits per heavy atom. The quantitative estimate of drug-likeness (QED) is 0.658. The minimum Gasteiger partial charge on any atom is -0.483 e. The summed E-state index contributed by atoms with van der Waals surface area (Å²) < 4.78 is 19.3. The van der Waals surface area contributed by atoms with Gasteiger partial charge in [0.1, 0.15) is 11.6 Å². The van der Waals surface area contributed by atoms with Gasteiger partial charge >= 0.3 is 0 Å². The number of amides is 3. The maximum Gasteiger partial charge on any atom is 0.259 e. The average Bonchev–Trinajstić information content (AvgIpc) is 2.74. The molecule has 30 heavy (non-hydrogen) atoms. The summed E-state index contributed by atoms with van der Waals surface area (Å²) in [5.41, 5.74) is 0.599. The molecule has 2 aromatic rings. The summed E-state index contributed by atoms with van der Waals surface area (Å²) in [5, 5.41) is 5.25. The summed E-state index contributed by atoms with van der Waals surface area (Å²) in [5.74, 6) is -1.43. The number of nitrogens with zero attached hydrogens (tertiary/aromatic N) is 1. The van der Waals surface area contributed by atoms with E-state index in [1.54, 1.807) is 32.3 Å². The first-order valence-electron chi connectivity index (χ1n) is 9.57. The van der Waals surface area contributed by atoms with Crippen molar-refractivity contribution in [1.29, 1.82) is 0 Å². The summed E-state index contributed by atoms with van der Waals surface area (Å²) in [4.78, 5) is 37.6. The van der Waals surface area contributed by atoms with Crippen molar-refractivity contribution in [1.82, 2.24) is 15.5 Å². The van der Waals surface area contributed by atoms with Crippen LogP contribution in [0.3, 0.4) is 0 Å². The molecule has 0 aliphatic heterocycles. The van der Waals surface area contributed by atoms with Crippen molar-refractivity contribution in [3.63, 3.8) is 0 Å². The van der Waals surface area contributed by atoms with Crippen LogP contribution in [0.4, 0.5) is 4.39 Å². The Morgan fingerprint density at radius 2 is 1.73 bits per heavy atom. The molecule has 0 aromatic heterocycles. The van der Waals surface area contributed by atoms with Crippen molar-refractivity contribution >= 4 is 17.7 Å². The number of hydrogen-bond acceptors (Lipinski definition) is 4. The third-order valence-electron chi connectivity index (χ3n) is 4.42. The molecule has 2 aromatic carbocycles. The van der Waals surface area contributed by atoms with Crippen molar-refractivity contribution in [3.8, 4) is 5.75 Å². The van der Waals surface area contributed by atoms with E-state index >= 15 is 0 Å². The topological polar surface area (TPSA) is 87.7 Å². The van der Waals surface area contributed by atoms with E-state index in [9.17, 15) is 18.8 Å². The van der Waals surface area contributed by atoms with Gasteiger partial charge in [-0.3, -0.25) is 14.4 Å². The first-order valence-corrected chi connectivity index (χ1v) is 9.57. The second-order valence-corrected chi connectivity index (χ2v) is 6.81. The van der Waals surface area contributed by atoms with E-state index in [0.29, 0.717) is 12.2 Å². The van der Waals surface area contributed by atoms with Gasteiger partial charge in [-0.2, -0.15) is 0 Å². The highest BCUT2D eigenvalue weighted by molar-refractivity contribution is 5.96. The van der Waals surface area contributed by atoms with Crippen LogP contribution in [-0.4, -0.2) is 49.9 Å². The summed E-state index contributed by atoms with van der Waals surface area (Å²) in [7, 11) is 3.28. The Morgan fingerprint density at radius 3 is 2.40 bits per heavy atom. The van der Waals surface area contributed by atoms with Crippen LogP contribution < -0.4 is 15.4 Å². The Balaban J connectivity index is 1.99. The minimum absolute atomic E-state index is 0.118. The molecule has 0 radical (unpaired) electrons. The molecule has 0 spiro atoms. The standard InChI is InChI=1S/C22H26FN3O4/c1-4-18(16-10-6-8-12-19(16)30-14-21(28)26(2)3)25-20(27)13-24-22(29)15-9-5-7-11-17(15)23/h5-12,18H,4,13-14H2,1-3H3,(H,24,29)(H,25,27). The zero-order valence-electron chi connectivity index (χ0n) is 17.3. The molecule has 0 aliphatic rings. The fraction of sp³-hybridized carbons (Fsp3) is 0.318. The molecule has 160 valence electrons. The van der Waals surface area contributed by atoms with Crippen molar-refractivity contribution < 1.29 is 23.5 Å². The lowest BCUT2D eigenvalue weighted by Gasteiger charge is -2.21. The van der Waals surface area contributed by atoms with Gasteiger partial charge in [0.25, 0.3) is 11.8 Å². The molecular formula is C22H26FN3O4. The molecule has 0 heterocycles. The molecule has 1 atom stereocenters.